The summed E-state index contributed by atoms with van der Waals surface area (Å²) >= 11 is 0. The van der Waals surface area contributed by atoms with E-state index in [9.17, 15) is 0 Å². The minimum absolute atomic E-state index is 0.295. The third-order valence-electron chi connectivity index (χ3n) is 5.24. The number of aromatic nitrogens is 4. The average molecular weight is 315 g/mol. The molecule has 0 radical (unpaired) electrons. The largest absolute Gasteiger partial charge is 0.360 e. The zero-order valence-corrected chi connectivity index (χ0v) is 13.8. The number of hydrogen-bond acceptors (Lipinski definition) is 5. The van der Waals surface area contributed by atoms with Crippen molar-refractivity contribution in [2.24, 2.45) is 0 Å². The Bertz CT molecular complexity index is 643. The maximum Gasteiger partial charge on any atom is 0.167 e. The maximum absolute atomic E-state index is 5.63. The Morgan fingerprint density at radius 1 is 1.22 bits per heavy atom. The highest BCUT2D eigenvalue weighted by Gasteiger charge is 2.30. The first-order chi connectivity index (χ1) is 11.3. The van der Waals surface area contributed by atoms with Gasteiger partial charge in [-0.3, -0.25) is 10.00 Å². The first-order valence-electron chi connectivity index (χ1n) is 8.88. The van der Waals surface area contributed by atoms with Gasteiger partial charge in [-0.15, -0.1) is 0 Å². The van der Waals surface area contributed by atoms with Crippen LogP contribution in [0, 0.1) is 6.92 Å². The predicted molar refractivity (Wildman–Crippen MR) is 85.8 cm³/mol. The molecule has 1 atom stereocenters. The molecule has 2 aromatic heterocycles. The van der Waals surface area contributed by atoms with Crippen LogP contribution in [0.15, 0.2) is 10.6 Å². The summed E-state index contributed by atoms with van der Waals surface area (Å²) in [4.78, 5) is 6.92. The number of likely N-dealkylation sites (tertiary alicyclic amines) is 1. The number of nitrogens with one attached hydrogen (secondary N) is 1. The van der Waals surface area contributed by atoms with Crippen LogP contribution >= 0.6 is 0 Å². The van der Waals surface area contributed by atoms with Crippen LogP contribution < -0.4 is 0 Å². The average Bonchev–Trinajstić information content (AvgIpc) is 3.29. The molecule has 2 aromatic rings. The Morgan fingerprint density at radius 3 is 2.87 bits per heavy atom. The predicted octanol–water partition coefficient (Wildman–Crippen LogP) is 3.49. The molecule has 1 aliphatic carbocycles. The molecule has 0 bridgehead atoms. The molecule has 0 amide bonds. The molecule has 2 aliphatic rings. The highest BCUT2D eigenvalue weighted by atomic mass is 16.5. The number of H-pyrrole nitrogens is 1. The van der Waals surface area contributed by atoms with Crippen LogP contribution in [0.25, 0.3) is 0 Å². The molecule has 1 saturated carbocycles. The number of hydrogen-bond donors (Lipinski definition) is 1. The van der Waals surface area contributed by atoms with Crippen molar-refractivity contribution in [3.05, 3.63) is 29.2 Å². The van der Waals surface area contributed by atoms with Crippen molar-refractivity contribution >= 4 is 0 Å². The Kier molecular flexibility index (Phi) is 4.16. The van der Waals surface area contributed by atoms with E-state index in [1.165, 1.54) is 38.5 Å². The minimum Gasteiger partial charge on any atom is -0.360 e. The summed E-state index contributed by atoms with van der Waals surface area (Å²) in [7, 11) is 0. The summed E-state index contributed by atoms with van der Waals surface area (Å²) in [6, 6.07) is 2.47. The van der Waals surface area contributed by atoms with Gasteiger partial charge in [0.15, 0.2) is 11.6 Å². The number of rotatable bonds is 4. The van der Waals surface area contributed by atoms with Gasteiger partial charge in [-0.2, -0.15) is 5.10 Å². The van der Waals surface area contributed by atoms with Gasteiger partial charge in [-0.1, -0.05) is 24.4 Å². The second kappa shape index (κ2) is 6.43. The lowest BCUT2D eigenvalue weighted by atomic mass is 9.87. The van der Waals surface area contributed by atoms with E-state index in [2.05, 4.69) is 31.3 Å². The fraction of sp³-hybridized carbons (Fsp3) is 0.706. The third kappa shape index (κ3) is 3.17. The number of aromatic amines is 1. The quantitative estimate of drug-likeness (QED) is 0.935. The Balaban J connectivity index is 1.44. The van der Waals surface area contributed by atoms with E-state index in [-0.39, 0.29) is 0 Å². The summed E-state index contributed by atoms with van der Waals surface area (Å²) in [5.41, 5.74) is 1.16. The second-order valence-electron chi connectivity index (χ2n) is 6.96. The van der Waals surface area contributed by atoms with Crippen molar-refractivity contribution in [3.8, 4) is 0 Å². The van der Waals surface area contributed by atoms with Crippen LogP contribution in [0.4, 0.5) is 0 Å². The van der Waals surface area contributed by atoms with Crippen LogP contribution in [0.1, 0.15) is 80.0 Å². The fourth-order valence-electron chi connectivity index (χ4n) is 4.01. The molecular weight excluding hydrogens is 290 g/mol. The van der Waals surface area contributed by atoms with Gasteiger partial charge in [0.2, 0.25) is 0 Å². The van der Waals surface area contributed by atoms with E-state index < -0.39 is 0 Å². The van der Waals surface area contributed by atoms with Crippen molar-refractivity contribution in [1.29, 1.82) is 0 Å². The molecule has 1 aliphatic heterocycles. The summed E-state index contributed by atoms with van der Waals surface area (Å²) in [5.74, 6) is 3.37. The lowest BCUT2D eigenvalue weighted by Crippen LogP contribution is -2.23. The molecular formula is C17H25N5O. The van der Waals surface area contributed by atoms with Gasteiger partial charge in [0.25, 0.3) is 0 Å². The highest BCUT2D eigenvalue weighted by Crippen LogP contribution is 2.34. The number of aryl methyl sites for hydroxylation is 1. The molecule has 124 valence electrons. The zero-order chi connectivity index (χ0) is 15.6. The van der Waals surface area contributed by atoms with Gasteiger partial charge in [-0.05, 0) is 39.2 Å². The molecule has 1 unspecified atom stereocenters. The third-order valence-corrected chi connectivity index (χ3v) is 5.24. The Hall–Kier alpha value is -1.69. The van der Waals surface area contributed by atoms with Gasteiger partial charge in [0.05, 0.1) is 18.3 Å². The summed E-state index contributed by atoms with van der Waals surface area (Å²) in [6.07, 6.45) is 8.83. The molecule has 23 heavy (non-hydrogen) atoms. The summed E-state index contributed by atoms with van der Waals surface area (Å²) in [5, 5.41) is 11.6. The van der Waals surface area contributed by atoms with Gasteiger partial charge in [0, 0.05) is 12.0 Å². The van der Waals surface area contributed by atoms with E-state index in [1.807, 2.05) is 6.92 Å². The second-order valence-corrected chi connectivity index (χ2v) is 6.96. The minimum atomic E-state index is 0.295. The van der Waals surface area contributed by atoms with Crippen LogP contribution in [0.3, 0.4) is 0 Å². The van der Waals surface area contributed by atoms with Crippen molar-refractivity contribution in [3.63, 3.8) is 0 Å². The normalized spacial score (nSPS) is 23.6. The summed E-state index contributed by atoms with van der Waals surface area (Å²) < 4.78 is 5.63. The molecule has 6 nitrogen and oxygen atoms in total. The van der Waals surface area contributed by atoms with E-state index in [0.717, 1.165) is 42.6 Å². The lowest BCUT2D eigenvalue weighted by Gasteiger charge is -2.20. The molecule has 1 saturated heterocycles. The summed E-state index contributed by atoms with van der Waals surface area (Å²) in [6.45, 7) is 3.82. The van der Waals surface area contributed by atoms with Crippen molar-refractivity contribution in [2.45, 2.75) is 70.4 Å². The molecule has 2 fully saturated rings. The van der Waals surface area contributed by atoms with Gasteiger partial charge in [0.1, 0.15) is 5.82 Å². The van der Waals surface area contributed by atoms with Gasteiger partial charge in [-0.25, -0.2) is 4.98 Å². The van der Waals surface area contributed by atoms with Crippen molar-refractivity contribution in [1.82, 2.24) is 25.2 Å². The zero-order valence-electron chi connectivity index (χ0n) is 13.8. The van der Waals surface area contributed by atoms with Crippen molar-refractivity contribution < 1.29 is 4.52 Å². The van der Waals surface area contributed by atoms with Crippen LogP contribution in [-0.4, -0.2) is 31.8 Å². The molecule has 0 spiro atoms. The first kappa shape index (κ1) is 14.9. The highest BCUT2D eigenvalue weighted by molar-refractivity contribution is 5.12. The maximum atomic E-state index is 5.63. The van der Waals surface area contributed by atoms with E-state index in [4.69, 9.17) is 4.52 Å². The van der Waals surface area contributed by atoms with Crippen LogP contribution in [-0.2, 0) is 6.54 Å². The van der Waals surface area contributed by atoms with Crippen molar-refractivity contribution in [2.75, 3.05) is 6.54 Å². The molecule has 6 heteroatoms. The SMILES string of the molecule is Cc1nc(C2CCCN2Cc2cc(C3CCCCC3)no2)n[nH]1. The first-order valence-corrected chi connectivity index (χ1v) is 8.88. The topological polar surface area (TPSA) is 70.8 Å². The lowest BCUT2D eigenvalue weighted by molar-refractivity contribution is 0.210. The van der Waals surface area contributed by atoms with E-state index >= 15 is 0 Å². The monoisotopic (exact) mass is 315 g/mol. The molecule has 3 heterocycles. The smallest absolute Gasteiger partial charge is 0.167 e. The molecule has 4 rings (SSSR count). The fourth-order valence-corrected chi connectivity index (χ4v) is 4.01. The Labute approximate surface area is 136 Å². The van der Waals surface area contributed by atoms with E-state index in [0.29, 0.717) is 12.0 Å². The van der Waals surface area contributed by atoms with Crippen LogP contribution in [0.5, 0.6) is 0 Å². The van der Waals surface area contributed by atoms with Gasteiger partial charge >= 0.3 is 0 Å². The standard InChI is InChI=1S/C17H25N5O/c1-12-18-17(20-19-12)16-8-5-9-22(16)11-14-10-15(21-23-14)13-6-3-2-4-7-13/h10,13,16H,2-9,11H2,1H3,(H,18,19,20). The Morgan fingerprint density at radius 2 is 2.09 bits per heavy atom. The molecule has 0 aromatic carbocycles. The van der Waals surface area contributed by atoms with E-state index in [1.54, 1.807) is 0 Å². The molecule has 1 N–H and O–H groups in total. The van der Waals surface area contributed by atoms with Gasteiger partial charge < -0.3 is 4.52 Å². The number of nitrogens with zero attached hydrogens (tertiary/aromatic N) is 4. The van der Waals surface area contributed by atoms with Crippen LogP contribution in [0.2, 0.25) is 0 Å².